The number of hydrogen-bond donors (Lipinski definition) is 3. The van der Waals surface area contributed by atoms with Crippen molar-refractivity contribution >= 4 is 45.1 Å². The third kappa shape index (κ3) is 3.02. The van der Waals surface area contributed by atoms with Gasteiger partial charge in [0.25, 0.3) is 5.91 Å². The fourth-order valence-corrected chi connectivity index (χ4v) is 2.12. The maximum Gasteiger partial charge on any atom is 0.337 e. The minimum Gasteiger partial charge on any atom is -0.478 e. The van der Waals surface area contributed by atoms with Crippen molar-refractivity contribution in [1.29, 1.82) is 0 Å². The molecule has 0 radical (unpaired) electrons. The zero-order valence-corrected chi connectivity index (χ0v) is 11.7. The highest BCUT2D eigenvalue weighted by Crippen LogP contribution is 2.26. The van der Waals surface area contributed by atoms with E-state index in [0.717, 1.165) is 0 Å². The summed E-state index contributed by atoms with van der Waals surface area (Å²) in [5.74, 6) is -1.95. The third-order valence-electron chi connectivity index (χ3n) is 2.65. The van der Waals surface area contributed by atoms with Gasteiger partial charge in [-0.2, -0.15) is 5.10 Å². The third-order valence-corrected chi connectivity index (χ3v) is 3.31. The molecular weight excluding hydrogens is 330 g/mol. The highest BCUT2D eigenvalue weighted by molar-refractivity contribution is 9.10. The number of rotatable bonds is 3. The van der Waals surface area contributed by atoms with Gasteiger partial charge < -0.3 is 10.4 Å². The highest BCUT2D eigenvalue weighted by Gasteiger charge is 2.21. The number of carbonyl (C=O) groups excluding carboxylic acids is 2. The first-order valence-electron chi connectivity index (χ1n) is 5.67. The van der Waals surface area contributed by atoms with Gasteiger partial charge in [0.15, 0.2) is 0 Å². The number of amides is 2. The summed E-state index contributed by atoms with van der Waals surface area (Å²) in [5.41, 5.74) is 2.48. The minimum atomic E-state index is -1.15. The van der Waals surface area contributed by atoms with Crippen LogP contribution in [0.5, 0.6) is 0 Å². The van der Waals surface area contributed by atoms with Crippen LogP contribution < -0.4 is 10.7 Å². The lowest BCUT2D eigenvalue weighted by Crippen LogP contribution is -2.33. The molecule has 0 fully saturated rings. The molecule has 0 aliphatic carbocycles. The molecule has 1 aromatic carbocycles. The average Bonchev–Trinajstić information content (AvgIpc) is 2.41. The molecule has 0 aromatic heterocycles. The van der Waals surface area contributed by atoms with Gasteiger partial charge in [-0.15, -0.1) is 0 Å². The van der Waals surface area contributed by atoms with E-state index in [9.17, 15) is 14.4 Å². The van der Waals surface area contributed by atoms with E-state index in [2.05, 4.69) is 31.8 Å². The van der Waals surface area contributed by atoms with Crippen molar-refractivity contribution in [3.8, 4) is 0 Å². The van der Waals surface area contributed by atoms with E-state index in [1.165, 1.54) is 6.07 Å². The summed E-state index contributed by atoms with van der Waals surface area (Å²) in [6, 6.07) is 4.56. The molecule has 2 amide bonds. The van der Waals surface area contributed by atoms with Gasteiger partial charge in [0.2, 0.25) is 5.91 Å². The van der Waals surface area contributed by atoms with Gasteiger partial charge in [-0.25, -0.2) is 10.2 Å². The molecular formula is C12H10BrN3O4. The van der Waals surface area contributed by atoms with Crippen molar-refractivity contribution in [1.82, 2.24) is 5.43 Å². The quantitative estimate of drug-likeness (QED) is 0.772. The van der Waals surface area contributed by atoms with E-state index in [1.54, 1.807) is 12.1 Å². The number of carbonyl (C=O) groups is 3. The summed E-state index contributed by atoms with van der Waals surface area (Å²) in [5, 5.41) is 15.2. The van der Waals surface area contributed by atoms with Crippen LogP contribution in [-0.4, -0.2) is 28.6 Å². The van der Waals surface area contributed by atoms with Gasteiger partial charge in [0.1, 0.15) is 5.71 Å². The molecule has 0 saturated heterocycles. The second-order valence-corrected chi connectivity index (χ2v) is 4.87. The molecule has 0 saturated carbocycles. The first-order chi connectivity index (χ1) is 9.49. The van der Waals surface area contributed by atoms with Crippen LogP contribution in [0.4, 0.5) is 5.69 Å². The van der Waals surface area contributed by atoms with Gasteiger partial charge in [0.05, 0.1) is 11.3 Å². The van der Waals surface area contributed by atoms with Crippen LogP contribution in [0.15, 0.2) is 27.8 Å². The van der Waals surface area contributed by atoms with Gasteiger partial charge in [-0.3, -0.25) is 9.59 Å². The van der Waals surface area contributed by atoms with Crippen molar-refractivity contribution in [2.45, 2.75) is 12.8 Å². The molecule has 0 spiro atoms. The van der Waals surface area contributed by atoms with Crippen LogP contribution in [0.25, 0.3) is 0 Å². The molecule has 3 N–H and O–H groups in total. The molecule has 0 unspecified atom stereocenters. The highest BCUT2D eigenvalue weighted by atomic mass is 79.9. The summed E-state index contributed by atoms with van der Waals surface area (Å²) in [6.07, 6.45) is 0.387. The first kappa shape index (κ1) is 14.2. The lowest BCUT2D eigenvalue weighted by Gasteiger charge is -2.14. The van der Waals surface area contributed by atoms with Crippen LogP contribution in [0, 0.1) is 0 Å². The molecule has 7 nitrogen and oxygen atoms in total. The average molecular weight is 340 g/mol. The van der Waals surface area contributed by atoms with E-state index in [0.29, 0.717) is 4.47 Å². The lowest BCUT2D eigenvalue weighted by atomic mass is 10.1. The Morgan fingerprint density at radius 2 is 2.10 bits per heavy atom. The van der Waals surface area contributed by atoms with Crippen molar-refractivity contribution in [2.24, 2.45) is 5.10 Å². The molecule has 20 heavy (non-hydrogen) atoms. The van der Waals surface area contributed by atoms with E-state index in [-0.39, 0.29) is 35.7 Å². The summed E-state index contributed by atoms with van der Waals surface area (Å²) in [4.78, 5) is 34.1. The molecule has 0 atom stereocenters. The molecule has 1 heterocycles. The van der Waals surface area contributed by atoms with Gasteiger partial charge in [-0.05, 0) is 28.1 Å². The Labute approximate surface area is 122 Å². The number of nitrogens with one attached hydrogen (secondary N) is 2. The Hall–Kier alpha value is -2.22. The maximum atomic E-state index is 12.0. The topological polar surface area (TPSA) is 108 Å². The Kier molecular flexibility index (Phi) is 4.14. The molecule has 104 valence electrons. The molecule has 1 aliphatic heterocycles. The molecule has 1 aliphatic rings. The van der Waals surface area contributed by atoms with E-state index in [4.69, 9.17) is 5.11 Å². The Morgan fingerprint density at radius 1 is 1.35 bits per heavy atom. The smallest absolute Gasteiger partial charge is 0.337 e. The Morgan fingerprint density at radius 3 is 2.70 bits per heavy atom. The van der Waals surface area contributed by atoms with Crippen LogP contribution in [-0.2, 0) is 9.59 Å². The molecule has 0 bridgehead atoms. The monoisotopic (exact) mass is 339 g/mol. The number of halogens is 1. The van der Waals surface area contributed by atoms with Crippen LogP contribution in [0.3, 0.4) is 0 Å². The summed E-state index contributed by atoms with van der Waals surface area (Å²) < 4.78 is 0.450. The van der Waals surface area contributed by atoms with E-state index in [1.807, 2.05) is 0 Å². The van der Waals surface area contributed by atoms with Gasteiger partial charge in [0, 0.05) is 17.3 Å². The number of nitrogens with zero attached hydrogens (tertiary/aromatic N) is 1. The number of anilines is 1. The summed E-state index contributed by atoms with van der Waals surface area (Å²) >= 11 is 3.19. The van der Waals surface area contributed by atoms with Gasteiger partial charge in [-0.1, -0.05) is 6.07 Å². The Bertz CT molecular complexity index is 627. The van der Waals surface area contributed by atoms with E-state index >= 15 is 0 Å². The predicted octanol–water partition coefficient (Wildman–Crippen LogP) is 1.35. The van der Waals surface area contributed by atoms with E-state index < -0.39 is 11.9 Å². The van der Waals surface area contributed by atoms with Crippen molar-refractivity contribution in [3.63, 3.8) is 0 Å². The number of hydrogen-bond acceptors (Lipinski definition) is 4. The number of carboxylic acid groups (broad SMARTS) is 1. The molecule has 1 aromatic rings. The lowest BCUT2D eigenvalue weighted by molar-refractivity contribution is -0.121. The standard InChI is InChI=1S/C12H10BrN3O4/c13-7-3-1-2-6(12(19)20)10(7)14-11(18)8-4-5-9(17)16-15-8/h1-3H,4-5H2,(H,14,18)(H,16,17)(H,19,20). The zero-order valence-electron chi connectivity index (χ0n) is 10.1. The number of para-hydroxylation sites is 1. The second-order valence-electron chi connectivity index (χ2n) is 4.02. The first-order valence-corrected chi connectivity index (χ1v) is 6.47. The Balaban J connectivity index is 2.24. The fourth-order valence-electron chi connectivity index (χ4n) is 1.65. The summed E-state index contributed by atoms with van der Waals surface area (Å²) in [7, 11) is 0. The maximum absolute atomic E-state index is 12.0. The molecule has 8 heteroatoms. The predicted molar refractivity (Wildman–Crippen MR) is 74.5 cm³/mol. The van der Waals surface area contributed by atoms with Crippen LogP contribution in [0.2, 0.25) is 0 Å². The SMILES string of the molecule is O=C1CCC(C(=O)Nc2c(Br)cccc2C(=O)O)=NN1. The fraction of sp³-hybridized carbons (Fsp3) is 0.167. The number of carboxylic acids is 1. The van der Waals surface area contributed by atoms with Crippen molar-refractivity contribution < 1.29 is 19.5 Å². The van der Waals surface area contributed by atoms with Crippen LogP contribution in [0.1, 0.15) is 23.2 Å². The van der Waals surface area contributed by atoms with Crippen LogP contribution >= 0.6 is 15.9 Å². The second kappa shape index (κ2) is 5.83. The zero-order chi connectivity index (χ0) is 14.7. The largest absolute Gasteiger partial charge is 0.478 e. The number of hydrazone groups is 1. The van der Waals surface area contributed by atoms with Crippen molar-refractivity contribution in [2.75, 3.05) is 5.32 Å². The van der Waals surface area contributed by atoms with Gasteiger partial charge >= 0.3 is 5.97 Å². The molecule has 2 rings (SSSR count). The number of aromatic carboxylic acids is 1. The normalized spacial score (nSPS) is 14.2. The summed E-state index contributed by atoms with van der Waals surface area (Å²) in [6.45, 7) is 0. The number of benzene rings is 1. The van der Waals surface area contributed by atoms with Crippen molar-refractivity contribution in [3.05, 3.63) is 28.2 Å². The minimum absolute atomic E-state index is 0.0341.